The van der Waals surface area contributed by atoms with Crippen LogP contribution in [-0.4, -0.2) is 17.0 Å². The molecule has 2 N–H and O–H groups in total. The first kappa shape index (κ1) is 12.5. The van der Waals surface area contributed by atoms with Gasteiger partial charge in [0.05, 0.1) is 11.8 Å². The van der Waals surface area contributed by atoms with Crippen molar-refractivity contribution in [1.29, 1.82) is 0 Å². The predicted octanol–water partition coefficient (Wildman–Crippen LogP) is 2.40. The standard InChI is InChI=1S/C11H12ClNO3/c1-7(14)13-9-4-2-8(3-5-9)10(12)6-11(15)16/h2-5,10H,6H2,1H3,(H,13,14)(H,15,16). The summed E-state index contributed by atoms with van der Waals surface area (Å²) in [6.45, 7) is 1.42. The highest BCUT2D eigenvalue weighted by atomic mass is 35.5. The zero-order chi connectivity index (χ0) is 12.1. The minimum absolute atomic E-state index is 0.124. The van der Waals surface area contributed by atoms with E-state index >= 15 is 0 Å². The molecule has 1 unspecified atom stereocenters. The second-order valence-corrected chi connectivity index (χ2v) is 3.90. The van der Waals surface area contributed by atoms with Crippen molar-refractivity contribution in [2.45, 2.75) is 18.7 Å². The smallest absolute Gasteiger partial charge is 0.305 e. The molecule has 4 nitrogen and oxygen atoms in total. The third-order valence-corrected chi connectivity index (χ3v) is 2.35. The molecule has 1 amide bonds. The van der Waals surface area contributed by atoms with E-state index in [4.69, 9.17) is 16.7 Å². The normalized spacial score (nSPS) is 11.9. The molecule has 0 aromatic heterocycles. The molecule has 0 radical (unpaired) electrons. The van der Waals surface area contributed by atoms with E-state index < -0.39 is 11.3 Å². The first-order valence-corrected chi connectivity index (χ1v) is 5.16. The molecule has 0 saturated heterocycles. The number of rotatable bonds is 4. The van der Waals surface area contributed by atoms with Gasteiger partial charge in [0.15, 0.2) is 0 Å². The summed E-state index contributed by atoms with van der Waals surface area (Å²) in [6.07, 6.45) is -0.124. The summed E-state index contributed by atoms with van der Waals surface area (Å²) in [5.41, 5.74) is 1.38. The number of carbonyl (C=O) groups excluding carboxylic acids is 1. The third-order valence-electron chi connectivity index (χ3n) is 1.95. The topological polar surface area (TPSA) is 66.4 Å². The fourth-order valence-electron chi connectivity index (χ4n) is 1.25. The van der Waals surface area contributed by atoms with E-state index in [1.165, 1.54) is 6.92 Å². The molecule has 1 aromatic carbocycles. The molecule has 1 rings (SSSR count). The number of hydrogen-bond donors (Lipinski definition) is 2. The molecule has 5 heteroatoms. The van der Waals surface area contributed by atoms with Crippen LogP contribution in [0.25, 0.3) is 0 Å². The van der Waals surface area contributed by atoms with E-state index in [1.807, 2.05) is 0 Å². The van der Waals surface area contributed by atoms with Gasteiger partial charge in [0.1, 0.15) is 0 Å². The molecule has 86 valence electrons. The monoisotopic (exact) mass is 241 g/mol. The van der Waals surface area contributed by atoms with E-state index in [-0.39, 0.29) is 12.3 Å². The van der Waals surface area contributed by atoms with Gasteiger partial charge in [0.25, 0.3) is 0 Å². The molecule has 0 aliphatic heterocycles. The SMILES string of the molecule is CC(=O)Nc1ccc(C(Cl)CC(=O)O)cc1. The Morgan fingerprint density at radius 2 is 1.94 bits per heavy atom. The van der Waals surface area contributed by atoms with Crippen LogP contribution >= 0.6 is 11.6 Å². The van der Waals surface area contributed by atoms with Crippen LogP contribution in [0.3, 0.4) is 0 Å². The van der Waals surface area contributed by atoms with Gasteiger partial charge >= 0.3 is 5.97 Å². The maximum absolute atomic E-state index is 10.8. The van der Waals surface area contributed by atoms with Crippen molar-refractivity contribution < 1.29 is 14.7 Å². The van der Waals surface area contributed by atoms with Crippen LogP contribution in [0.4, 0.5) is 5.69 Å². The van der Waals surface area contributed by atoms with Crippen LogP contribution in [0.2, 0.25) is 0 Å². The molecular weight excluding hydrogens is 230 g/mol. The molecule has 0 bridgehead atoms. The Hall–Kier alpha value is -1.55. The first-order chi connectivity index (χ1) is 7.49. The number of carbonyl (C=O) groups is 2. The summed E-state index contributed by atoms with van der Waals surface area (Å²) in [5, 5.41) is 10.6. The van der Waals surface area contributed by atoms with Crippen LogP contribution in [-0.2, 0) is 9.59 Å². The van der Waals surface area contributed by atoms with Crippen LogP contribution in [0.5, 0.6) is 0 Å². The Morgan fingerprint density at radius 3 is 2.38 bits per heavy atom. The lowest BCUT2D eigenvalue weighted by Crippen LogP contribution is -2.06. The second-order valence-electron chi connectivity index (χ2n) is 3.37. The summed E-state index contributed by atoms with van der Waals surface area (Å²) in [4.78, 5) is 21.2. The lowest BCUT2D eigenvalue weighted by Gasteiger charge is -2.08. The maximum Gasteiger partial charge on any atom is 0.305 e. The van der Waals surface area contributed by atoms with Crippen LogP contribution < -0.4 is 5.32 Å². The number of carboxylic acid groups (broad SMARTS) is 1. The Kier molecular flexibility index (Phi) is 4.31. The molecule has 0 fully saturated rings. The van der Waals surface area contributed by atoms with E-state index in [0.29, 0.717) is 5.69 Å². The quantitative estimate of drug-likeness (QED) is 0.796. The summed E-state index contributed by atoms with van der Waals surface area (Å²) >= 11 is 5.89. The number of nitrogens with one attached hydrogen (secondary N) is 1. The minimum Gasteiger partial charge on any atom is -0.481 e. The molecule has 0 aliphatic rings. The Bertz CT molecular complexity index is 389. The largest absolute Gasteiger partial charge is 0.481 e. The molecule has 0 aliphatic carbocycles. The molecule has 1 atom stereocenters. The number of amides is 1. The first-order valence-electron chi connectivity index (χ1n) is 4.72. The van der Waals surface area contributed by atoms with Crippen molar-refractivity contribution in [2.75, 3.05) is 5.32 Å². The second kappa shape index (κ2) is 5.51. The molecule has 0 spiro atoms. The average Bonchev–Trinajstić information content (AvgIpc) is 2.16. The van der Waals surface area contributed by atoms with Gasteiger partial charge in [0, 0.05) is 12.6 Å². The fraction of sp³-hybridized carbons (Fsp3) is 0.273. The highest BCUT2D eigenvalue weighted by molar-refractivity contribution is 6.21. The Balaban J connectivity index is 2.70. The Morgan fingerprint density at radius 1 is 1.38 bits per heavy atom. The maximum atomic E-state index is 10.8. The number of alkyl halides is 1. The number of halogens is 1. The van der Waals surface area contributed by atoms with E-state index in [2.05, 4.69) is 5.32 Å². The zero-order valence-corrected chi connectivity index (χ0v) is 9.49. The van der Waals surface area contributed by atoms with E-state index in [1.54, 1.807) is 24.3 Å². The van der Waals surface area contributed by atoms with Crippen molar-refractivity contribution in [1.82, 2.24) is 0 Å². The molecule has 0 heterocycles. The van der Waals surface area contributed by atoms with Crippen molar-refractivity contribution in [3.63, 3.8) is 0 Å². The van der Waals surface area contributed by atoms with Crippen LogP contribution in [0.15, 0.2) is 24.3 Å². The van der Waals surface area contributed by atoms with Crippen molar-refractivity contribution in [2.24, 2.45) is 0 Å². The average molecular weight is 242 g/mol. The van der Waals surface area contributed by atoms with Gasteiger partial charge in [-0.2, -0.15) is 0 Å². The van der Waals surface area contributed by atoms with Gasteiger partial charge in [0.2, 0.25) is 5.91 Å². The fourth-order valence-corrected chi connectivity index (χ4v) is 1.53. The van der Waals surface area contributed by atoms with E-state index in [9.17, 15) is 9.59 Å². The number of hydrogen-bond acceptors (Lipinski definition) is 2. The molecule has 0 saturated carbocycles. The van der Waals surface area contributed by atoms with Gasteiger partial charge in [-0.15, -0.1) is 11.6 Å². The lowest BCUT2D eigenvalue weighted by molar-refractivity contribution is -0.137. The number of aliphatic carboxylic acids is 1. The predicted molar refractivity (Wildman–Crippen MR) is 61.6 cm³/mol. The third kappa shape index (κ3) is 3.90. The van der Waals surface area contributed by atoms with Gasteiger partial charge in [-0.3, -0.25) is 9.59 Å². The van der Waals surface area contributed by atoms with Gasteiger partial charge < -0.3 is 10.4 Å². The lowest BCUT2D eigenvalue weighted by atomic mass is 10.1. The number of benzene rings is 1. The zero-order valence-electron chi connectivity index (χ0n) is 8.74. The Labute approximate surface area is 98.2 Å². The van der Waals surface area contributed by atoms with Crippen molar-refractivity contribution in [3.8, 4) is 0 Å². The number of carboxylic acids is 1. The van der Waals surface area contributed by atoms with Gasteiger partial charge in [-0.1, -0.05) is 12.1 Å². The summed E-state index contributed by atoms with van der Waals surface area (Å²) in [5.74, 6) is -1.09. The van der Waals surface area contributed by atoms with Crippen molar-refractivity contribution in [3.05, 3.63) is 29.8 Å². The van der Waals surface area contributed by atoms with E-state index in [0.717, 1.165) is 5.56 Å². The summed E-state index contributed by atoms with van der Waals surface area (Å²) < 4.78 is 0. The van der Waals surface area contributed by atoms with Crippen LogP contribution in [0, 0.1) is 0 Å². The molecular formula is C11H12ClNO3. The number of anilines is 1. The van der Waals surface area contributed by atoms with Crippen LogP contribution in [0.1, 0.15) is 24.3 Å². The summed E-state index contributed by atoms with van der Waals surface area (Å²) in [7, 11) is 0. The van der Waals surface area contributed by atoms with Gasteiger partial charge in [-0.25, -0.2) is 0 Å². The van der Waals surface area contributed by atoms with Gasteiger partial charge in [-0.05, 0) is 17.7 Å². The minimum atomic E-state index is -0.939. The molecule has 16 heavy (non-hydrogen) atoms. The summed E-state index contributed by atoms with van der Waals surface area (Å²) in [6, 6.07) is 6.78. The highest BCUT2D eigenvalue weighted by Gasteiger charge is 2.11. The molecule has 1 aromatic rings. The van der Waals surface area contributed by atoms with Crippen molar-refractivity contribution >= 4 is 29.2 Å². The highest BCUT2D eigenvalue weighted by Crippen LogP contribution is 2.25.